The maximum absolute atomic E-state index is 11.5. The standard InChI is InChI=1S/C11H17N3O4S/c1-2-13-11(15)14-19(16,17)8-7-18-10-6-4-3-5-9(10)12/h3-6H,2,7-8,12H2,1H3,(H2,13,14,15). The molecule has 8 heteroatoms. The van der Waals surface area contributed by atoms with Crippen molar-refractivity contribution in [2.75, 3.05) is 24.6 Å². The highest BCUT2D eigenvalue weighted by atomic mass is 32.2. The normalized spacial score (nSPS) is 10.8. The lowest BCUT2D eigenvalue weighted by molar-refractivity contribution is 0.246. The highest BCUT2D eigenvalue weighted by Gasteiger charge is 2.14. The Morgan fingerprint density at radius 3 is 2.68 bits per heavy atom. The van der Waals surface area contributed by atoms with E-state index in [4.69, 9.17) is 10.5 Å². The van der Waals surface area contributed by atoms with Gasteiger partial charge in [0.1, 0.15) is 18.1 Å². The molecule has 2 amide bonds. The topological polar surface area (TPSA) is 111 Å². The van der Waals surface area contributed by atoms with Crippen LogP contribution in [0.1, 0.15) is 6.92 Å². The molecule has 0 atom stereocenters. The molecule has 0 radical (unpaired) electrons. The fourth-order valence-corrected chi connectivity index (χ4v) is 2.02. The van der Waals surface area contributed by atoms with Gasteiger partial charge in [0.15, 0.2) is 0 Å². The van der Waals surface area contributed by atoms with Crippen molar-refractivity contribution in [3.8, 4) is 5.75 Å². The first-order valence-corrected chi connectivity index (χ1v) is 7.35. The summed E-state index contributed by atoms with van der Waals surface area (Å²) in [6.45, 7) is 1.94. The molecule has 0 aromatic heterocycles. The van der Waals surface area contributed by atoms with Gasteiger partial charge in [0.2, 0.25) is 10.0 Å². The van der Waals surface area contributed by atoms with Crippen LogP contribution in [0.3, 0.4) is 0 Å². The number of carbonyl (C=O) groups excluding carboxylic acids is 1. The SMILES string of the molecule is CCNC(=O)NS(=O)(=O)CCOc1ccccc1N. The van der Waals surface area contributed by atoms with E-state index in [0.717, 1.165) is 0 Å². The monoisotopic (exact) mass is 287 g/mol. The number of rotatable bonds is 6. The Hall–Kier alpha value is -1.96. The zero-order valence-corrected chi connectivity index (χ0v) is 11.4. The molecule has 0 bridgehead atoms. The van der Waals surface area contributed by atoms with Crippen molar-refractivity contribution in [1.82, 2.24) is 10.0 Å². The summed E-state index contributed by atoms with van der Waals surface area (Å²) < 4.78 is 30.1. The van der Waals surface area contributed by atoms with Crippen molar-refractivity contribution >= 4 is 21.7 Å². The van der Waals surface area contributed by atoms with Gasteiger partial charge in [-0.25, -0.2) is 17.9 Å². The lowest BCUT2D eigenvalue weighted by Crippen LogP contribution is -2.41. The molecule has 1 aromatic carbocycles. The van der Waals surface area contributed by atoms with Crippen LogP contribution in [0.4, 0.5) is 10.5 Å². The molecule has 0 spiro atoms. The van der Waals surface area contributed by atoms with Gasteiger partial charge in [-0.2, -0.15) is 0 Å². The zero-order chi connectivity index (χ0) is 14.3. The molecule has 0 aliphatic heterocycles. The van der Waals surface area contributed by atoms with Gasteiger partial charge in [0.05, 0.1) is 5.69 Å². The smallest absolute Gasteiger partial charge is 0.328 e. The van der Waals surface area contributed by atoms with Crippen LogP contribution in [0.2, 0.25) is 0 Å². The summed E-state index contributed by atoms with van der Waals surface area (Å²) in [5.41, 5.74) is 6.06. The number of nitrogens with two attached hydrogens (primary N) is 1. The van der Waals surface area contributed by atoms with Gasteiger partial charge in [0, 0.05) is 6.54 Å². The van der Waals surface area contributed by atoms with E-state index < -0.39 is 16.1 Å². The molecule has 19 heavy (non-hydrogen) atoms. The average molecular weight is 287 g/mol. The van der Waals surface area contributed by atoms with Crippen LogP contribution < -0.4 is 20.5 Å². The second-order valence-corrected chi connectivity index (χ2v) is 5.51. The van der Waals surface area contributed by atoms with E-state index in [1.54, 1.807) is 31.2 Å². The number of carbonyl (C=O) groups is 1. The van der Waals surface area contributed by atoms with Gasteiger partial charge >= 0.3 is 6.03 Å². The third-order valence-corrected chi connectivity index (χ3v) is 3.31. The summed E-state index contributed by atoms with van der Waals surface area (Å²) >= 11 is 0. The lowest BCUT2D eigenvalue weighted by Gasteiger charge is -2.10. The van der Waals surface area contributed by atoms with Crippen LogP contribution in [0.15, 0.2) is 24.3 Å². The minimum atomic E-state index is -3.71. The minimum absolute atomic E-state index is 0.0943. The van der Waals surface area contributed by atoms with Crippen molar-refractivity contribution in [2.45, 2.75) is 6.92 Å². The summed E-state index contributed by atoms with van der Waals surface area (Å²) in [4.78, 5) is 11.1. The van der Waals surface area contributed by atoms with Crippen molar-refractivity contribution in [2.24, 2.45) is 0 Å². The summed E-state index contributed by atoms with van der Waals surface area (Å²) in [6.07, 6.45) is 0. The molecule has 0 fully saturated rings. The maximum atomic E-state index is 11.5. The van der Waals surface area contributed by atoms with E-state index in [2.05, 4.69) is 5.32 Å². The van der Waals surface area contributed by atoms with Crippen LogP contribution in [-0.4, -0.2) is 33.4 Å². The Bertz CT molecular complexity index is 530. The Labute approximate surface area is 112 Å². The van der Waals surface area contributed by atoms with Crippen molar-refractivity contribution in [1.29, 1.82) is 0 Å². The van der Waals surface area contributed by atoms with Gasteiger partial charge in [-0.15, -0.1) is 0 Å². The van der Waals surface area contributed by atoms with Gasteiger partial charge in [-0.3, -0.25) is 0 Å². The molecule has 106 valence electrons. The van der Waals surface area contributed by atoms with Crippen molar-refractivity contribution in [3.05, 3.63) is 24.3 Å². The van der Waals surface area contributed by atoms with E-state index >= 15 is 0 Å². The fraction of sp³-hybridized carbons (Fsp3) is 0.364. The first-order valence-electron chi connectivity index (χ1n) is 5.70. The summed E-state index contributed by atoms with van der Waals surface area (Å²) in [7, 11) is -3.71. The first-order chi connectivity index (χ1) is 8.94. The molecule has 0 unspecified atom stereocenters. The molecule has 1 aromatic rings. The van der Waals surface area contributed by atoms with Crippen molar-refractivity contribution < 1.29 is 17.9 Å². The molecule has 0 aliphatic carbocycles. The number of ether oxygens (including phenoxy) is 1. The first kappa shape index (κ1) is 15.1. The van der Waals surface area contributed by atoms with E-state index in [1.807, 2.05) is 4.72 Å². The van der Waals surface area contributed by atoms with Gasteiger partial charge in [-0.1, -0.05) is 12.1 Å². The molecule has 7 nitrogen and oxygen atoms in total. The van der Waals surface area contributed by atoms with Crippen molar-refractivity contribution in [3.63, 3.8) is 0 Å². The highest BCUT2D eigenvalue weighted by Crippen LogP contribution is 2.19. The largest absolute Gasteiger partial charge is 0.490 e. The van der Waals surface area contributed by atoms with Gasteiger partial charge in [-0.05, 0) is 19.1 Å². The Kier molecular flexibility index (Phi) is 5.43. The van der Waals surface area contributed by atoms with Crippen LogP contribution >= 0.6 is 0 Å². The van der Waals surface area contributed by atoms with Crippen LogP contribution in [-0.2, 0) is 10.0 Å². The highest BCUT2D eigenvalue weighted by molar-refractivity contribution is 7.90. The lowest BCUT2D eigenvalue weighted by atomic mass is 10.3. The number of nitrogen functional groups attached to an aromatic ring is 1. The molecular formula is C11H17N3O4S. The summed E-state index contributed by atoms with van der Waals surface area (Å²) in [6, 6.07) is 6.01. The van der Waals surface area contributed by atoms with E-state index in [0.29, 0.717) is 18.0 Å². The van der Waals surface area contributed by atoms with Crippen LogP contribution in [0.25, 0.3) is 0 Å². The minimum Gasteiger partial charge on any atom is -0.490 e. The average Bonchev–Trinajstić information content (AvgIpc) is 2.31. The van der Waals surface area contributed by atoms with E-state index in [-0.39, 0.29) is 12.4 Å². The number of urea groups is 1. The van der Waals surface area contributed by atoms with Crippen LogP contribution in [0.5, 0.6) is 5.75 Å². The number of benzene rings is 1. The molecular weight excluding hydrogens is 270 g/mol. The molecule has 0 heterocycles. The predicted molar refractivity (Wildman–Crippen MR) is 72.3 cm³/mol. The Morgan fingerprint density at radius 2 is 2.05 bits per heavy atom. The quantitative estimate of drug-likeness (QED) is 0.652. The number of nitrogens with one attached hydrogen (secondary N) is 2. The second kappa shape index (κ2) is 6.83. The summed E-state index contributed by atoms with van der Waals surface area (Å²) in [5.74, 6) is 0.0778. The van der Waals surface area contributed by atoms with E-state index in [1.165, 1.54) is 0 Å². The number of hydrogen-bond acceptors (Lipinski definition) is 5. The third kappa shape index (κ3) is 5.47. The summed E-state index contributed by atoms with van der Waals surface area (Å²) in [5, 5.41) is 2.33. The predicted octanol–water partition coefficient (Wildman–Crippen LogP) is 0.297. The van der Waals surface area contributed by atoms with Gasteiger partial charge in [0.25, 0.3) is 0 Å². The molecule has 0 saturated carbocycles. The number of anilines is 1. The zero-order valence-electron chi connectivity index (χ0n) is 10.5. The Morgan fingerprint density at radius 1 is 1.37 bits per heavy atom. The third-order valence-electron chi connectivity index (χ3n) is 2.11. The number of sulfonamides is 1. The number of amides is 2. The molecule has 4 N–H and O–H groups in total. The molecule has 0 saturated heterocycles. The molecule has 1 rings (SSSR count). The number of para-hydroxylation sites is 2. The maximum Gasteiger partial charge on any atom is 0.328 e. The van der Waals surface area contributed by atoms with Gasteiger partial charge < -0.3 is 15.8 Å². The molecule has 0 aliphatic rings. The van der Waals surface area contributed by atoms with Crippen LogP contribution in [0, 0.1) is 0 Å². The second-order valence-electron chi connectivity index (χ2n) is 3.67. The Balaban J connectivity index is 2.44. The number of hydrogen-bond donors (Lipinski definition) is 3. The van der Waals surface area contributed by atoms with E-state index in [9.17, 15) is 13.2 Å². The fourth-order valence-electron chi connectivity index (χ4n) is 1.26.